The van der Waals surface area contributed by atoms with Gasteiger partial charge in [-0.1, -0.05) is 5.10 Å². The van der Waals surface area contributed by atoms with Crippen LogP contribution in [0.1, 0.15) is 0 Å². The maximum atomic E-state index is 10.5. The number of carbonyl (C=O) groups is 2. The van der Waals surface area contributed by atoms with E-state index in [4.69, 9.17) is 10.2 Å². The number of carboxylic acid groups (broad SMARTS) is 2. The summed E-state index contributed by atoms with van der Waals surface area (Å²) in [5.41, 5.74) is 0. The Morgan fingerprint density at radius 3 is 2.20 bits per heavy atom. The molecule has 2 N–H and O–H groups in total. The normalized spacial score (nSPS) is 9.93. The number of carboxylic acids is 2. The summed E-state index contributed by atoms with van der Waals surface area (Å²) < 4.78 is 1.20. The largest absolute Gasteiger partial charge is 0.480 e. The highest BCUT2D eigenvalue weighted by Gasteiger charge is 2.18. The summed E-state index contributed by atoms with van der Waals surface area (Å²) in [5, 5.41) is 27.4. The molecule has 82 valence electrons. The number of aromatic nitrogens is 4. The molecule has 0 fully saturated rings. The second-order valence-corrected chi connectivity index (χ2v) is 2.75. The Balaban J connectivity index is 2.85. The van der Waals surface area contributed by atoms with Gasteiger partial charge in [0.25, 0.3) is 0 Å². The Morgan fingerprint density at radius 2 is 1.87 bits per heavy atom. The van der Waals surface area contributed by atoms with E-state index in [1.54, 1.807) is 0 Å². The number of rotatable bonds is 5. The van der Waals surface area contributed by atoms with Gasteiger partial charge in [-0.15, -0.1) is 0 Å². The first-order valence-corrected chi connectivity index (χ1v) is 3.91. The first-order chi connectivity index (χ1) is 7.00. The maximum Gasteiger partial charge on any atom is 0.323 e. The molecule has 15 heavy (non-hydrogen) atoms. The van der Waals surface area contributed by atoms with Gasteiger partial charge in [0.15, 0.2) is 0 Å². The van der Waals surface area contributed by atoms with Crippen molar-refractivity contribution in [3.05, 3.63) is 0 Å². The van der Waals surface area contributed by atoms with Crippen molar-refractivity contribution in [2.45, 2.75) is 0 Å². The maximum absolute atomic E-state index is 10.5. The molecule has 1 rings (SSSR count). The molecule has 0 unspecified atom stereocenters. The highest BCUT2D eigenvalue weighted by molar-refractivity contribution is 5.78. The van der Waals surface area contributed by atoms with Gasteiger partial charge in [-0.05, 0) is 10.4 Å². The molecule has 1 aromatic heterocycles. The molecule has 1 aromatic rings. The Labute approximate surface area is 83.9 Å². The predicted molar refractivity (Wildman–Crippen MR) is 46.3 cm³/mol. The van der Waals surface area contributed by atoms with Crippen LogP contribution in [0.3, 0.4) is 0 Å². The number of anilines is 1. The SMILES string of the molecule is Cn1nnnc1N(CC(=O)O)CC(=O)O. The monoisotopic (exact) mass is 215 g/mol. The highest BCUT2D eigenvalue weighted by Crippen LogP contribution is 2.05. The molecule has 0 aromatic carbocycles. The summed E-state index contributed by atoms with van der Waals surface area (Å²) >= 11 is 0. The zero-order chi connectivity index (χ0) is 11.4. The van der Waals surface area contributed by atoms with Crippen LogP contribution in [-0.2, 0) is 16.6 Å². The van der Waals surface area contributed by atoms with Gasteiger partial charge in [0.2, 0.25) is 5.95 Å². The van der Waals surface area contributed by atoms with Gasteiger partial charge in [-0.3, -0.25) is 9.59 Å². The first-order valence-electron chi connectivity index (χ1n) is 3.91. The van der Waals surface area contributed by atoms with E-state index < -0.39 is 25.0 Å². The Bertz CT molecular complexity index is 359. The van der Waals surface area contributed by atoms with Gasteiger partial charge in [-0.25, -0.2) is 4.68 Å². The van der Waals surface area contributed by atoms with E-state index >= 15 is 0 Å². The fourth-order valence-corrected chi connectivity index (χ4v) is 1.02. The number of hydrogen-bond donors (Lipinski definition) is 2. The van der Waals surface area contributed by atoms with Crippen LogP contribution in [0.4, 0.5) is 5.95 Å². The first kappa shape index (κ1) is 10.9. The van der Waals surface area contributed by atoms with Crippen LogP contribution in [0, 0.1) is 0 Å². The summed E-state index contributed by atoms with van der Waals surface area (Å²) in [6, 6.07) is 0. The van der Waals surface area contributed by atoms with Gasteiger partial charge >= 0.3 is 11.9 Å². The van der Waals surface area contributed by atoms with Crippen molar-refractivity contribution < 1.29 is 19.8 Å². The van der Waals surface area contributed by atoms with Crippen molar-refractivity contribution in [2.24, 2.45) is 7.05 Å². The van der Waals surface area contributed by atoms with E-state index in [0.29, 0.717) is 0 Å². The molecule has 0 saturated carbocycles. The summed E-state index contributed by atoms with van der Waals surface area (Å²) in [5.74, 6) is -2.21. The summed E-state index contributed by atoms with van der Waals surface area (Å²) in [4.78, 5) is 22.0. The van der Waals surface area contributed by atoms with Gasteiger partial charge in [0.05, 0.1) is 0 Å². The molecule has 0 aliphatic rings. The van der Waals surface area contributed by atoms with E-state index in [9.17, 15) is 9.59 Å². The van der Waals surface area contributed by atoms with Crippen LogP contribution in [0.15, 0.2) is 0 Å². The number of nitrogens with zero attached hydrogens (tertiary/aromatic N) is 5. The van der Waals surface area contributed by atoms with E-state index in [0.717, 1.165) is 4.90 Å². The van der Waals surface area contributed by atoms with Crippen molar-refractivity contribution in [1.29, 1.82) is 0 Å². The second-order valence-electron chi connectivity index (χ2n) is 2.75. The molecule has 0 saturated heterocycles. The van der Waals surface area contributed by atoms with Gasteiger partial charge in [0.1, 0.15) is 13.1 Å². The van der Waals surface area contributed by atoms with Crippen molar-refractivity contribution in [3.8, 4) is 0 Å². The number of aryl methyl sites for hydroxylation is 1. The molecule has 0 aliphatic carbocycles. The molecule has 1 heterocycles. The number of aliphatic carboxylic acids is 2. The quantitative estimate of drug-likeness (QED) is 0.589. The topological polar surface area (TPSA) is 121 Å². The summed E-state index contributed by atoms with van der Waals surface area (Å²) in [6.07, 6.45) is 0. The van der Waals surface area contributed by atoms with Crippen LogP contribution in [-0.4, -0.2) is 55.4 Å². The predicted octanol–water partition coefficient (Wildman–Crippen LogP) is -1.81. The van der Waals surface area contributed by atoms with E-state index in [2.05, 4.69) is 15.5 Å². The van der Waals surface area contributed by atoms with Crippen LogP contribution in [0.5, 0.6) is 0 Å². The molecule has 0 radical (unpaired) electrons. The smallest absolute Gasteiger partial charge is 0.323 e. The Morgan fingerprint density at radius 1 is 1.33 bits per heavy atom. The highest BCUT2D eigenvalue weighted by atomic mass is 16.4. The third kappa shape index (κ3) is 2.90. The average molecular weight is 215 g/mol. The lowest BCUT2D eigenvalue weighted by Gasteiger charge is -2.17. The molecule has 0 atom stereocenters. The standard InChI is InChI=1S/C6H9N5O4/c1-10-6(7-8-9-10)11(2-4(12)13)3-5(14)15/h2-3H2,1H3,(H,12,13)(H,14,15). The lowest BCUT2D eigenvalue weighted by Crippen LogP contribution is -2.36. The zero-order valence-corrected chi connectivity index (χ0v) is 7.86. The van der Waals surface area contributed by atoms with Crippen molar-refractivity contribution >= 4 is 17.9 Å². The van der Waals surface area contributed by atoms with E-state index in [-0.39, 0.29) is 5.95 Å². The molecule has 0 bridgehead atoms. The number of hydrogen-bond acceptors (Lipinski definition) is 6. The van der Waals surface area contributed by atoms with Crippen LogP contribution in [0.2, 0.25) is 0 Å². The van der Waals surface area contributed by atoms with E-state index in [1.807, 2.05) is 0 Å². The van der Waals surface area contributed by atoms with Crippen molar-refractivity contribution in [1.82, 2.24) is 20.2 Å². The van der Waals surface area contributed by atoms with Gasteiger partial charge < -0.3 is 15.1 Å². The molecular formula is C6H9N5O4. The van der Waals surface area contributed by atoms with Crippen LogP contribution < -0.4 is 4.90 Å². The fraction of sp³-hybridized carbons (Fsp3) is 0.500. The minimum Gasteiger partial charge on any atom is -0.480 e. The molecule has 0 spiro atoms. The van der Waals surface area contributed by atoms with Crippen molar-refractivity contribution in [2.75, 3.05) is 18.0 Å². The third-order valence-electron chi connectivity index (χ3n) is 1.53. The second kappa shape index (κ2) is 4.35. The number of tetrazole rings is 1. The van der Waals surface area contributed by atoms with Gasteiger partial charge in [0, 0.05) is 7.05 Å². The lowest BCUT2D eigenvalue weighted by atomic mass is 10.5. The van der Waals surface area contributed by atoms with Gasteiger partial charge in [-0.2, -0.15) is 0 Å². The summed E-state index contributed by atoms with van der Waals surface area (Å²) in [6.45, 7) is -0.943. The zero-order valence-electron chi connectivity index (χ0n) is 7.86. The molecule has 0 aliphatic heterocycles. The Hall–Kier alpha value is -2.19. The molecule has 0 amide bonds. The molecule has 9 nitrogen and oxygen atoms in total. The summed E-state index contributed by atoms with van der Waals surface area (Å²) in [7, 11) is 1.49. The minimum atomic E-state index is -1.15. The lowest BCUT2D eigenvalue weighted by molar-refractivity contribution is -0.136. The molecule has 9 heteroatoms. The Kier molecular flexibility index (Phi) is 3.16. The average Bonchev–Trinajstić information content (AvgIpc) is 2.48. The van der Waals surface area contributed by atoms with Crippen LogP contribution in [0.25, 0.3) is 0 Å². The fourth-order valence-electron chi connectivity index (χ4n) is 1.02. The van der Waals surface area contributed by atoms with Crippen molar-refractivity contribution in [3.63, 3.8) is 0 Å². The van der Waals surface area contributed by atoms with E-state index in [1.165, 1.54) is 11.7 Å². The van der Waals surface area contributed by atoms with Crippen LogP contribution >= 0.6 is 0 Å². The minimum absolute atomic E-state index is 0.0970. The third-order valence-corrected chi connectivity index (χ3v) is 1.53. The molecular weight excluding hydrogens is 206 g/mol.